The number of nitrogens with zero attached hydrogens (tertiary/aromatic N) is 1. The Morgan fingerprint density at radius 1 is 1.26 bits per heavy atom. The maximum atomic E-state index is 13.3. The molecular weight excluding hydrogens is 460 g/mol. The van der Waals surface area contributed by atoms with Crippen molar-refractivity contribution in [2.24, 2.45) is 5.92 Å². The van der Waals surface area contributed by atoms with Crippen LogP contribution >= 0.6 is 11.3 Å². The van der Waals surface area contributed by atoms with Gasteiger partial charge in [-0.05, 0) is 63.5 Å². The molecule has 0 saturated heterocycles. The lowest BCUT2D eigenvalue weighted by Gasteiger charge is -2.32. The van der Waals surface area contributed by atoms with Gasteiger partial charge in [0.1, 0.15) is 30.1 Å². The number of fused-ring (bicyclic) bond motifs is 1. The molecule has 0 spiro atoms. The smallest absolute Gasteiger partial charge is 0.194 e. The third-order valence-electron chi connectivity index (χ3n) is 7.10. The highest BCUT2D eigenvalue weighted by molar-refractivity contribution is 7.20. The Labute approximate surface area is 210 Å². The number of nitrogens with one attached hydrogen (secondary N) is 1. The monoisotopic (exact) mass is 492 g/mol. The van der Waals surface area contributed by atoms with Crippen LogP contribution in [0.15, 0.2) is 60.5 Å². The first-order valence-corrected chi connectivity index (χ1v) is 13.2. The highest BCUT2D eigenvalue weighted by atomic mass is 32.1. The van der Waals surface area contributed by atoms with Gasteiger partial charge in [0.05, 0.1) is 17.9 Å². The van der Waals surface area contributed by atoms with E-state index in [4.69, 9.17) is 14.2 Å². The fourth-order valence-electron chi connectivity index (χ4n) is 5.12. The number of allylic oxidation sites excluding steroid dienone is 3. The van der Waals surface area contributed by atoms with Crippen LogP contribution in [0.3, 0.4) is 0 Å². The number of hydrogen-bond acceptors (Lipinski definition) is 7. The molecule has 1 atom stereocenters. The summed E-state index contributed by atoms with van der Waals surface area (Å²) in [4.78, 5) is 18.0. The van der Waals surface area contributed by atoms with Gasteiger partial charge in [0.2, 0.25) is 0 Å². The van der Waals surface area contributed by atoms with E-state index in [1.54, 1.807) is 25.9 Å². The molecule has 5 rings (SSSR count). The van der Waals surface area contributed by atoms with Crippen molar-refractivity contribution < 1.29 is 19.0 Å². The summed E-state index contributed by atoms with van der Waals surface area (Å²) in [5.41, 5.74) is 3.33. The van der Waals surface area contributed by atoms with Crippen molar-refractivity contribution in [2.45, 2.75) is 64.0 Å². The average Bonchev–Trinajstić information content (AvgIpc) is 3.36. The Morgan fingerprint density at radius 2 is 2.11 bits per heavy atom. The number of rotatable bonds is 8. The van der Waals surface area contributed by atoms with Crippen LogP contribution in [0.1, 0.15) is 60.3 Å². The van der Waals surface area contributed by atoms with E-state index >= 15 is 0 Å². The van der Waals surface area contributed by atoms with Gasteiger partial charge in [-0.2, -0.15) is 0 Å². The van der Waals surface area contributed by atoms with E-state index in [1.165, 1.54) is 16.9 Å². The Hall–Kier alpha value is -2.90. The van der Waals surface area contributed by atoms with Gasteiger partial charge >= 0.3 is 0 Å². The second-order valence-corrected chi connectivity index (χ2v) is 10.5. The molecule has 0 bridgehead atoms. The molecule has 2 heterocycles. The first kappa shape index (κ1) is 23.8. The number of aryl methyl sites for hydroxylation is 1. The molecule has 1 fully saturated rings. The van der Waals surface area contributed by atoms with Crippen LogP contribution in [-0.2, 0) is 9.47 Å². The molecule has 1 saturated carbocycles. The largest absolute Gasteiger partial charge is 0.494 e. The lowest BCUT2D eigenvalue weighted by molar-refractivity contribution is 0.0876. The van der Waals surface area contributed by atoms with Gasteiger partial charge in [-0.15, -0.1) is 11.3 Å². The number of methoxy groups -OCH3 is 1. The first-order chi connectivity index (χ1) is 17.1. The van der Waals surface area contributed by atoms with Crippen molar-refractivity contribution in [2.75, 3.05) is 7.11 Å². The van der Waals surface area contributed by atoms with Gasteiger partial charge in [0, 0.05) is 12.0 Å². The molecule has 7 heteroatoms. The number of hydrogen-bond donors (Lipinski definition) is 1. The molecule has 3 aliphatic rings. The molecule has 2 aromatic rings. The lowest BCUT2D eigenvalue weighted by atomic mass is 9.83. The Morgan fingerprint density at radius 3 is 2.83 bits per heavy atom. The molecular formula is C28H32N2O4S. The van der Waals surface area contributed by atoms with Crippen LogP contribution in [0.4, 0.5) is 0 Å². The summed E-state index contributed by atoms with van der Waals surface area (Å²) >= 11 is 1.49. The topological polar surface area (TPSA) is 69.7 Å². The van der Waals surface area contributed by atoms with E-state index in [0.29, 0.717) is 11.0 Å². The molecule has 1 N–H and O–H groups in total. The van der Waals surface area contributed by atoms with Crippen LogP contribution in [0.25, 0.3) is 10.2 Å². The zero-order valence-electron chi connectivity index (χ0n) is 20.3. The Bertz CT molecular complexity index is 1200. The van der Waals surface area contributed by atoms with E-state index < -0.39 is 0 Å². The van der Waals surface area contributed by atoms with Gasteiger partial charge in [0.15, 0.2) is 16.6 Å². The third-order valence-corrected chi connectivity index (χ3v) is 8.31. The minimum absolute atomic E-state index is 0.0148. The molecule has 1 aliphatic heterocycles. The molecule has 1 unspecified atom stereocenters. The summed E-state index contributed by atoms with van der Waals surface area (Å²) < 4.78 is 17.7. The maximum Gasteiger partial charge on any atom is 0.194 e. The minimum Gasteiger partial charge on any atom is -0.494 e. The third kappa shape index (κ3) is 5.36. The summed E-state index contributed by atoms with van der Waals surface area (Å²) in [6, 6.07) is 4.32. The van der Waals surface area contributed by atoms with Gasteiger partial charge in [-0.1, -0.05) is 29.9 Å². The molecule has 184 valence electrons. The SMILES string of the molecule is COc1ccc(C)c2sc(C(=O)C3CCC(NC(CC4=CC=CCC4)C4=COC=CO4)CC3)nc12. The van der Waals surface area contributed by atoms with Crippen molar-refractivity contribution in [1.82, 2.24) is 10.3 Å². The summed E-state index contributed by atoms with van der Waals surface area (Å²) in [6.07, 6.45) is 18.0. The minimum atomic E-state index is 0.0148. The number of benzene rings is 1. The standard InChI is InChI=1S/C28H32N2O4S/c1-18-8-13-23(32-2)25-27(18)35-28(30-25)26(31)20-9-11-21(12-10-20)29-22(24-17-33-14-15-34-24)16-19-6-4-3-5-7-19/h3-4,6,8,13-15,17,20-22,29H,5,7,9-12,16H2,1-2H3. The highest BCUT2D eigenvalue weighted by Gasteiger charge is 2.31. The van der Waals surface area contributed by atoms with Gasteiger partial charge in [-0.25, -0.2) is 4.98 Å². The van der Waals surface area contributed by atoms with Crippen molar-refractivity contribution >= 4 is 27.3 Å². The second-order valence-electron chi connectivity index (χ2n) is 9.46. The van der Waals surface area contributed by atoms with Gasteiger partial charge in [0.25, 0.3) is 0 Å². The number of ether oxygens (including phenoxy) is 3. The molecule has 1 aromatic carbocycles. The summed E-state index contributed by atoms with van der Waals surface area (Å²) in [5, 5.41) is 4.40. The second kappa shape index (κ2) is 10.8. The molecule has 2 aliphatic carbocycles. The quantitative estimate of drug-likeness (QED) is 0.434. The van der Waals surface area contributed by atoms with E-state index in [1.807, 2.05) is 19.1 Å². The first-order valence-electron chi connectivity index (χ1n) is 12.4. The number of thiazole rings is 1. The number of aromatic nitrogens is 1. The zero-order chi connectivity index (χ0) is 24.2. The van der Waals surface area contributed by atoms with E-state index in [0.717, 1.165) is 72.2 Å². The maximum absolute atomic E-state index is 13.3. The Balaban J connectivity index is 1.23. The summed E-state index contributed by atoms with van der Waals surface area (Å²) in [6.45, 7) is 2.05. The van der Waals surface area contributed by atoms with E-state index in [2.05, 4.69) is 28.5 Å². The van der Waals surface area contributed by atoms with Gasteiger partial charge < -0.3 is 19.5 Å². The average molecular weight is 493 g/mol. The van der Waals surface area contributed by atoms with Gasteiger partial charge in [-0.3, -0.25) is 4.79 Å². The van der Waals surface area contributed by atoms with Crippen molar-refractivity contribution in [3.8, 4) is 5.75 Å². The van der Waals surface area contributed by atoms with Crippen LogP contribution in [0.5, 0.6) is 5.75 Å². The summed E-state index contributed by atoms with van der Waals surface area (Å²) in [7, 11) is 1.64. The molecule has 35 heavy (non-hydrogen) atoms. The lowest BCUT2D eigenvalue weighted by Crippen LogP contribution is -2.43. The van der Waals surface area contributed by atoms with Crippen LogP contribution in [-0.4, -0.2) is 30.0 Å². The van der Waals surface area contributed by atoms with E-state index in [-0.39, 0.29) is 17.7 Å². The van der Waals surface area contributed by atoms with Crippen molar-refractivity contribution in [1.29, 1.82) is 0 Å². The summed E-state index contributed by atoms with van der Waals surface area (Å²) in [5.74, 6) is 1.71. The fraction of sp³-hybridized carbons (Fsp3) is 0.429. The fourth-order valence-corrected chi connectivity index (χ4v) is 6.19. The number of carbonyl (C=O) groups excluding carboxylic acids is 1. The predicted molar refractivity (Wildman–Crippen MR) is 138 cm³/mol. The van der Waals surface area contributed by atoms with E-state index in [9.17, 15) is 4.79 Å². The molecule has 1 aromatic heterocycles. The normalized spacial score (nSPS) is 22.7. The van der Waals surface area contributed by atoms with Crippen molar-refractivity contribution in [3.63, 3.8) is 0 Å². The molecule has 6 nitrogen and oxygen atoms in total. The number of Topliss-reactive ketones (excluding diaryl/α,β-unsaturated/α-hetero) is 1. The van der Waals surface area contributed by atoms with Crippen LogP contribution in [0, 0.1) is 12.8 Å². The number of carbonyl (C=O) groups is 1. The molecule has 0 radical (unpaired) electrons. The number of ketones is 1. The van der Waals surface area contributed by atoms with Crippen LogP contribution in [0.2, 0.25) is 0 Å². The highest BCUT2D eigenvalue weighted by Crippen LogP contribution is 2.36. The Kier molecular flexibility index (Phi) is 7.35. The van der Waals surface area contributed by atoms with Crippen LogP contribution < -0.4 is 10.1 Å². The predicted octanol–water partition coefficient (Wildman–Crippen LogP) is 6.34. The van der Waals surface area contributed by atoms with Crippen molar-refractivity contribution in [3.05, 3.63) is 71.1 Å². The molecule has 0 amide bonds. The zero-order valence-corrected chi connectivity index (χ0v) is 21.1.